The van der Waals surface area contributed by atoms with E-state index in [0.717, 1.165) is 17.5 Å². The number of hydrogen-bond donors (Lipinski definition) is 3. The number of phenols is 1. The van der Waals surface area contributed by atoms with Crippen LogP contribution in [0.2, 0.25) is 0 Å². The molecule has 1 aromatic heterocycles. The van der Waals surface area contributed by atoms with Crippen molar-refractivity contribution in [1.29, 1.82) is 5.41 Å². The Hall–Kier alpha value is -3.43. The third kappa shape index (κ3) is 5.37. The molecule has 0 spiro atoms. The summed E-state index contributed by atoms with van der Waals surface area (Å²) in [6, 6.07) is 8.88. The fourth-order valence-electron chi connectivity index (χ4n) is 3.80. The van der Waals surface area contributed by atoms with E-state index in [0.29, 0.717) is 24.8 Å². The number of nitrogens with one attached hydrogen (secondary N) is 2. The lowest BCUT2D eigenvalue weighted by Crippen LogP contribution is -2.24. The van der Waals surface area contributed by atoms with Gasteiger partial charge in [-0.1, -0.05) is 63.1 Å². The van der Waals surface area contributed by atoms with E-state index in [1.165, 1.54) is 6.07 Å². The highest BCUT2D eigenvalue weighted by molar-refractivity contribution is 6.05. The summed E-state index contributed by atoms with van der Waals surface area (Å²) in [6.45, 7) is 5.79. The van der Waals surface area contributed by atoms with E-state index >= 15 is 0 Å². The summed E-state index contributed by atoms with van der Waals surface area (Å²) in [5.74, 6) is -0.0535. The van der Waals surface area contributed by atoms with Crippen LogP contribution in [0.4, 0.5) is 13.2 Å². The van der Waals surface area contributed by atoms with Crippen molar-refractivity contribution in [2.75, 3.05) is 0 Å². The lowest BCUT2D eigenvalue weighted by Gasteiger charge is -2.24. The molecule has 7 nitrogen and oxygen atoms in total. The lowest BCUT2D eigenvalue weighted by atomic mass is 9.94. The third-order valence-corrected chi connectivity index (χ3v) is 5.52. The topological polar surface area (TPSA) is 108 Å². The number of aromatic nitrogens is 4. The van der Waals surface area contributed by atoms with Gasteiger partial charge in [0.25, 0.3) is 0 Å². The normalized spacial score (nSPS) is 12.5. The van der Waals surface area contributed by atoms with Crippen LogP contribution in [0.1, 0.15) is 73.4 Å². The van der Waals surface area contributed by atoms with Crippen LogP contribution in [0.5, 0.6) is 11.5 Å². The number of halogens is 3. The first-order valence-electron chi connectivity index (χ1n) is 11.2. The van der Waals surface area contributed by atoms with Gasteiger partial charge < -0.3 is 9.84 Å². The van der Waals surface area contributed by atoms with Gasteiger partial charge in [-0.3, -0.25) is 5.41 Å². The predicted molar refractivity (Wildman–Crippen MR) is 121 cm³/mol. The SMILES string of the molecule is CCCc1cc(C(=N)C(F)(F)F)c(O)c(CCC)c1OC(c1ccc(CC)cc1)c1nn[nH]n1. The molecule has 0 bridgehead atoms. The highest BCUT2D eigenvalue weighted by atomic mass is 19.4. The van der Waals surface area contributed by atoms with Crippen LogP contribution in [-0.2, 0) is 19.3 Å². The van der Waals surface area contributed by atoms with Crippen LogP contribution in [0.25, 0.3) is 0 Å². The molecule has 0 fully saturated rings. The van der Waals surface area contributed by atoms with Crippen LogP contribution in [0, 0.1) is 5.41 Å². The van der Waals surface area contributed by atoms with E-state index in [-0.39, 0.29) is 23.6 Å². The van der Waals surface area contributed by atoms with Crippen molar-refractivity contribution >= 4 is 5.71 Å². The Morgan fingerprint density at radius 2 is 1.79 bits per heavy atom. The second-order valence-corrected chi connectivity index (χ2v) is 7.98. The number of phenolic OH excluding ortho intramolecular Hbond substituents is 1. The average Bonchev–Trinajstić information content (AvgIpc) is 3.34. The first-order valence-corrected chi connectivity index (χ1v) is 11.2. The smallest absolute Gasteiger partial charge is 0.433 e. The fraction of sp³-hybridized carbons (Fsp3) is 0.417. The molecule has 1 heterocycles. The molecule has 0 aliphatic rings. The lowest BCUT2D eigenvalue weighted by molar-refractivity contribution is -0.0588. The van der Waals surface area contributed by atoms with Crippen LogP contribution < -0.4 is 4.74 Å². The maximum Gasteiger partial charge on any atom is 0.433 e. The number of tetrazole rings is 1. The van der Waals surface area contributed by atoms with Gasteiger partial charge in [0.05, 0.1) is 0 Å². The Labute approximate surface area is 195 Å². The zero-order chi connectivity index (χ0) is 24.9. The molecule has 34 heavy (non-hydrogen) atoms. The highest BCUT2D eigenvalue weighted by Crippen LogP contribution is 2.41. The van der Waals surface area contributed by atoms with Crippen molar-refractivity contribution in [3.63, 3.8) is 0 Å². The molecular formula is C24H28F3N5O2. The molecule has 0 saturated heterocycles. The number of aromatic hydroxyl groups is 1. The van der Waals surface area contributed by atoms with Crippen LogP contribution >= 0.6 is 0 Å². The van der Waals surface area contributed by atoms with Gasteiger partial charge in [0.2, 0.25) is 5.82 Å². The van der Waals surface area contributed by atoms with Crippen molar-refractivity contribution in [2.24, 2.45) is 0 Å². The van der Waals surface area contributed by atoms with Gasteiger partial charge in [0.1, 0.15) is 17.2 Å². The quantitative estimate of drug-likeness (QED) is 0.337. The molecule has 0 saturated carbocycles. The van der Waals surface area contributed by atoms with Crippen molar-refractivity contribution in [1.82, 2.24) is 20.6 Å². The molecule has 1 atom stereocenters. The molecule has 3 rings (SSSR count). The zero-order valence-electron chi connectivity index (χ0n) is 19.3. The average molecular weight is 476 g/mol. The van der Waals surface area contributed by atoms with E-state index in [1.54, 1.807) is 0 Å². The molecule has 2 aromatic carbocycles. The van der Waals surface area contributed by atoms with E-state index in [9.17, 15) is 18.3 Å². The minimum absolute atomic E-state index is 0.233. The Kier molecular flexibility index (Phi) is 7.90. The molecule has 0 aliphatic carbocycles. The summed E-state index contributed by atoms with van der Waals surface area (Å²) in [5, 5.41) is 32.6. The van der Waals surface area contributed by atoms with Gasteiger partial charge in [-0.25, -0.2) is 0 Å². The predicted octanol–water partition coefficient (Wildman–Crippen LogP) is 5.47. The molecule has 0 radical (unpaired) electrons. The van der Waals surface area contributed by atoms with Crippen LogP contribution in [-0.4, -0.2) is 37.6 Å². The molecule has 0 aliphatic heterocycles. The minimum Gasteiger partial charge on any atom is -0.507 e. The van der Waals surface area contributed by atoms with Crippen LogP contribution in [0.3, 0.4) is 0 Å². The molecular weight excluding hydrogens is 447 g/mol. The van der Waals surface area contributed by atoms with Crippen molar-refractivity contribution in [2.45, 2.75) is 65.2 Å². The first kappa shape index (κ1) is 25.2. The summed E-state index contributed by atoms with van der Waals surface area (Å²) >= 11 is 0. The molecule has 182 valence electrons. The number of H-pyrrole nitrogens is 1. The molecule has 10 heteroatoms. The van der Waals surface area contributed by atoms with Gasteiger partial charge in [-0.05, 0) is 36.5 Å². The first-order chi connectivity index (χ1) is 16.2. The number of aryl methyl sites for hydroxylation is 2. The zero-order valence-corrected chi connectivity index (χ0v) is 19.3. The summed E-state index contributed by atoms with van der Waals surface area (Å²) in [6.07, 6.45) is -2.98. The summed E-state index contributed by atoms with van der Waals surface area (Å²) in [5.41, 5.74) is 0.436. The van der Waals surface area contributed by atoms with Gasteiger partial charge >= 0.3 is 6.18 Å². The standard InChI is InChI=1S/C24H28F3N5O2/c1-4-7-16-13-18(22(28)24(25,26)27)19(33)17(8-5-2)20(16)34-21(23-29-31-32-30-23)15-11-9-14(6-3)10-12-15/h9-13,21,28,33H,4-8H2,1-3H3,(H,29,30,31,32). The Morgan fingerprint density at radius 3 is 2.32 bits per heavy atom. The second kappa shape index (κ2) is 10.7. The monoisotopic (exact) mass is 475 g/mol. The fourth-order valence-corrected chi connectivity index (χ4v) is 3.80. The number of aromatic amines is 1. The maximum absolute atomic E-state index is 13.3. The Balaban J connectivity index is 2.18. The number of ether oxygens (including phenoxy) is 1. The molecule has 3 N–H and O–H groups in total. The molecule has 1 unspecified atom stereocenters. The van der Waals surface area contributed by atoms with Crippen molar-refractivity contribution in [3.8, 4) is 11.5 Å². The van der Waals surface area contributed by atoms with Gasteiger partial charge in [-0.2, -0.15) is 18.4 Å². The minimum atomic E-state index is -4.89. The number of alkyl halides is 3. The van der Waals surface area contributed by atoms with E-state index in [1.807, 2.05) is 45.0 Å². The number of rotatable bonds is 10. The summed E-state index contributed by atoms with van der Waals surface area (Å²) in [7, 11) is 0. The van der Waals surface area contributed by atoms with Crippen molar-refractivity contribution < 1.29 is 23.0 Å². The summed E-state index contributed by atoms with van der Waals surface area (Å²) in [4.78, 5) is 0. The van der Waals surface area contributed by atoms with Gasteiger partial charge in [0.15, 0.2) is 6.10 Å². The number of nitrogens with zero attached hydrogens (tertiary/aromatic N) is 3. The Bertz CT molecular complexity index is 1110. The van der Waals surface area contributed by atoms with Crippen molar-refractivity contribution in [3.05, 3.63) is 64.0 Å². The molecule has 0 amide bonds. The second-order valence-electron chi connectivity index (χ2n) is 7.98. The number of benzene rings is 2. The van der Waals surface area contributed by atoms with Gasteiger partial charge in [-0.15, -0.1) is 10.2 Å². The Morgan fingerprint density at radius 1 is 1.12 bits per heavy atom. The van der Waals surface area contributed by atoms with Crippen LogP contribution in [0.15, 0.2) is 30.3 Å². The number of hydrogen-bond acceptors (Lipinski definition) is 6. The highest BCUT2D eigenvalue weighted by Gasteiger charge is 2.38. The van der Waals surface area contributed by atoms with E-state index in [2.05, 4.69) is 20.6 Å². The van der Waals surface area contributed by atoms with E-state index in [4.69, 9.17) is 10.1 Å². The molecule has 3 aromatic rings. The van der Waals surface area contributed by atoms with Gasteiger partial charge in [0, 0.05) is 16.7 Å². The van der Waals surface area contributed by atoms with E-state index < -0.39 is 29.3 Å². The third-order valence-electron chi connectivity index (χ3n) is 5.52. The largest absolute Gasteiger partial charge is 0.507 e. The summed E-state index contributed by atoms with van der Waals surface area (Å²) < 4.78 is 46.4. The maximum atomic E-state index is 13.3.